The molecule has 0 aliphatic carbocycles. The lowest BCUT2D eigenvalue weighted by Crippen LogP contribution is -2.16. The van der Waals surface area contributed by atoms with Gasteiger partial charge in [-0.1, -0.05) is 6.92 Å². The molecular weight excluding hydrogens is 293 g/mol. The summed E-state index contributed by atoms with van der Waals surface area (Å²) < 4.78 is 38.5. The molecule has 0 fully saturated rings. The fraction of sp³-hybridized carbons (Fsp3) is 0.214. The highest BCUT2D eigenvalue weighted by molar-refractivity contribution is 7.92. The molecule has 0 unspecified atom stereocenters. The molecule has 7 heteroatoms. The van der Waals surface area contributed by atoms with Gasteiger partial charge in [-0.2, -0.15) is 0 Å². The van der Waals surface area contributed by atoms with E-state index in [4.69, 9.17) is 0 Å². The smallest absolute Gasteiger partial charge is 0.232 e. The zero-order valence-electron chi connectivity index (χ0n) is 11.5. The summed E-state index contributed by atoms with van der Waals surface area (Å²) in [5, 5.41) is 2.99. The number of nitrogens with one attached hydrogen (secondary N) is 2. The van der Waals surface area contributed by atoms with Gasteiger partial charge in [-0.3, -0.25) is 4.72 Å². The molecule has 0 atom stereocenters. The Labute approximate surface area is 123 Å². The molecule has 0 aliphatic rings. The molecule has 2 aromatic rings. The molecule has 1 aromatic heterocycles. The minimum atomic E-state index is -3.31. The third-order valence-electron chi connectivity index (χ3n) is 2.63. The molecule has 0 spiro atoms. The zero-order valence-corrected chi connectivity index (χ0v) is 12.3. The molecule has 0 saturated heterocycles. The van der Waals surface area contributed by atoms with Gasteiger partial charge in [-0.25, -0.2) is 17.8 Å². The van der Waals surface area contributed by atoms with E-state index in [-0.39, 0.29) is 11.6 Å². The van der Waals surface area contributed by atoms with Gasteiger partial charge >= 0.3 is 0 Å². The third kappa shape index (κ3) is 4.71. The predicted octanol–water partition coefficient (Wildman–Crippen LogP) is 3.12. The van der Waals surface area contributed by atoms with Crippen LogP contribution in [0.2, 0.25) is 0 Å². The van der Waals surface area contributed by atoms with E-state index in [1.165, 1.54) is 18.3 Å². The minimum Gasteiger partial charge on any atom is -0.340 e. The van der Waals surface area contributed by atoms with Gasteiger partial charge in [0.05, 0.1) is 17.6 Å². The van der Waals surface area contributed by atoms with Crippen molar-refractivity contribution >= 4 is 27.2 Å². The number of hydrogen-bond acceptors (Lipinski definition) is 4. The molecule has 0 radical (unpaired) electrons. The van der Waals surface area contributed by atoms with E-state index < -0.39 is 10.0 Å². The maximum absolute atomic E-state index is 12.8. The number of hydrogen-bond donors (Lipinski definition) is 2. The van der Waals surface area contributed by atoms with Gasteiger partial charge in [0.15, 0.2) is 0 Å². The Morgan fingerprint density at radius 2 is 1.76 bits per heavy atom. The number of anilines is 3. The molecule has 5 nitrogen and oxygen atoms in total. The lowest BCUT2D eigenvalue weighted by atomic mass is 10.3. The molecule has 112 valence electrons. The van der Waals surface area contributed by atoms with Crippen molar-refractivity contribution in [1.29, 1.82) is 0 Å². The van der Waals surface area contributed by atoms with Gasteiger partial charge in [0, 0.05) is 5.69 Å². The van der Waals surface area contributed by atoms with Gasteiger partial charge in [0.25, 0.3) is 0 Å². The summed E-state index contributed by atoms with van der Waals surface area (Å²) in [4.78, 5) is 4.11. The van der Waals surface area contributed by atoms with Gasteiger partial charge in [-0.05, 0) is 42.8 Å². The van der Waals surface area contributed by atoms with Crippen molar-refractivity contribution < 1.29 is 12.8 Å². The summed E-state index contributed by atoms with van der Waals surface area (Å²) >= 11 is 0. The molecule has 0 amide bonds. The first-order chi connectivity index (χ1) is 9.98. The molecule has 2 rings (SSSR count). The third-order valence-corrected chi connectivity index (χ3v) is 4.12. The number of rotatable bonds is 6. The maximum atomic E-state index is 12.8. The molecule has 21 heavy (non-hydrogen) atoms. The average molecular weight is 309 g/mol. The van der Waals surface area contributed by atoms with Gasteiger partial charge in [0.2, 0.25) is 10.0 Å². The Morgan fingerprint density at radius 3 is 2.33 bits per heavy atom. The number of nitrogens with zero attached hydrogens (tertiary/aromatic N) is 1. The second kappa shape index (κ2) is 6.53. The quantitative estimate of drug-likeness (QED) is 0.860. The Kier molecular flexibility index (Phi) is 4.74. The van der Waals surface area contributed by atoms with Crippen molar-refractivity contribution in [3.8, 4) is 0 Å². The van der Waals surface area contributed by atoms with Crippen molar-refractivity contribution in [2.75, 3.05) is 15.8 Å². The monoisotopic (exact) mass is 309 g/mol. The van der Waals surface area contributed by atoms with Crippen LogP contribution < -0.4 is 10.0 Å². The first-order valence-electron chi connectivity index (χ1n) is 6.47. The highest BCUT2D eigenvalue weighted by Gasteiger charge is 2.08. The molecule has 0 bridgehead atoms. The number of halogens is 1. The second-order valence-corrected chi connectivity index (χ2v) is 6.33. The normalized spacial score (nSPS) is 11.1. The van der Waals surface area contributed by atoms with Crippen LogP contribution in [-0.2, 0) is 10.0 Å². The van der Waals surface area contributed by atoms with E-state index >= 15 is 0 Å². The summed E-state index contributed by atoms with van der Waals surface area (Å²) in [6.45, 7) is 1.80. The van der Waals surface area contributed by atoms with E-state index in [9.17, 15) is 12.8 Å². The predicted molar refractivity (Wildman–Crippen MR) is 81.6 cm³/mol. The number of benzene rings is 1. The first kappa shape index (κ1) is 15.2. The van der Waals surface area contributed by atoms with Crippen LogP contribution in [0, 0.1) is 5.82 Å². The average Bonchev–Trinajstić information content (AvgIpc) is 2.43. The lowest BCUT2D eigenvalue weighted by Gasteiger charge is -2.08. The van der Waals surface area contributed by atoms with Crippen LogP contribution in [0.4, 0.5) is 21.6 Å². The second-order valence-electron chi connectivity index (χ2n) is 4.48. The minimum absolute atomic E-state index is 0.0720. The fourth-order valence-corrected chi connectivity index (χ4v) is 2.83. The van der Waals surface area contributed by atoms with Gasteiger partial charge in [0.1, 0.15) is 11.6 Å². The van der Waals surface area contributed by atoms with Crippen LogP contribution in [0.5, 0.6) is 0 Å². The van der Waals surface area contributed by atoms with Gasteiger partial charge in [-0.15, -0.1) is 0 Å². The summed E-state index contributed by atoms with van der Waals surface area (Å²) in [5.41, 5.74) is 1.11. The Bertz CT molecular complexity index is 685. The molecule has 0 saturated carbocycles. The number of aromatic nitrogens is 1. The van der Waals surface area contributed by atoms with Crippen molar-refractivity contribution in [3.63, 3.8) is 0 Å². The molecule has 1 heterocycles. The van der Waals surface area contributed by atoms with Crippen LogP contribution in [0.3, 0.4) is 0 Å². The maximum Gasteiger partial charge on any atom is 0.232 e. The largest absolute Gasteiger partial charge is 0.340 e. The fourth-order valence-electron chi connectivity index (χ4n) is 1.71. The van der Waals surface area contributed by atoms with Gasteiger partial charge < -0.3 is 5.32 Å². The first-order valence-corrected chi connectivity index (χ1v) is 8.13. The molecular formula is C14H16FN3O2S. The highest BCUT2D eigenvalue weighted by atomic mass is 32.2. The molecule has 1 aromatic carbocycles. The van der Waals surface area contributed by atoms with E-state index in [0.717, 1.165) is 0 Å². The summed E-state index contributed by atoms with van der Waals surface area (Å²) in [7, 11) is -3.31. The van der Waals surface area contributed by atoms with Crippen molar-refractivity contribution in [1.82, 2.24) is 4.98 Å². The lowest BCUT2D eigenvalue weighted by molar-refractivity contribution is 0.600. The number of pyridine rings is 1. The zero-order chi connectivity index (χ0) is 15.3. The van der Waals surface area contributed by atoms with E-state index in [2.05, 4.69) is 15.0 Å². The summed E-state index contributed by atoms with van der Waals surface area (Å²) in [5.74, 6) is 0.303. The van der Waals surface area contributed by atoms with E-state index in [1.54, 1.807) is 31.2 Å². The number of sulfonamides is 1. The molecule has 2 N–H and O–H groups in total. The van der Waals surface area contributed by atoms with Crippen LogP contribution in [0.25, 0.3) is 0 Å². The van der Waals surface area contributed by atoms with E-state index in [1.807, 2.05) is 0 Å². The summed E-state index contributed by atoms with van der Waals surface area (Å²) in [6.07, 6.45) is 1.98. The van der Waals surface area contributed by atoms with Crippen molar-refractivity contribution in [2.45, 2.75) is 13.3 Å². The highest BCUT2D eigenvalue weighted by Crippen LogP contribution is 2.17. The standard InChI is InChI=1S/C14H16FN3O2S/c1-2-9-21(19,20)18-13-7-8-14(16-10-13)17-12-5-3-11(15)4-6-12/h3-8,10,18H,2,9H2,1H3,(H,16,17). The van der Waals surface area contributed by atoms with Crippen LogP contribution in [-0.4, -0.2) is 19.2 Å². The Balaban J connectivity index is 2.03. The van der Waals surface area contributed by atoms with Crippen LogP contribution >= 0.6 is 0 Å². The Hall–Kier alpha value is -2.15. The topological polar surface area (TPSA) is 71.1 Å². The van der Waals surface area contributed by atoms with E-state index in [0.29, 0.717) is 23.6 Å². The van der Waals surface area contributed by atoms with Crippen molar-refractivity contribution in [2.24, 2.45) is 0 Å². The SMILES string of the molecule is CCCS(=O)(=O)Nc1ccc(Nc2ccc(F)cc2)nc1. The van der Waals surface area contributed by atoms with Crippen LogP contribution in [0.1, 0.15) is 13.3 Å². The Morgan fingerprint density at radius 1 is 1.10 bits per heavy atom. The summed E-state index contributed by atoms with van der Waals surface area (Å²) in [6, 6.07) is 9.13. The van der Waals surface area contributed by atoms with Crippen LogP contribution in [0.15, 0.2) is 42.6 Å². The molecule has 0 aliphatic heterocycles. The van der Waals surface area contributed by atoms with Crippen molar-refractivity contribution in [3.05, 3.63) is 48.4 Å².